The summed E-state index contributed by atoms with van der Waals surface area (Å²) < 4.78 is 29.0. The van der Waals surface area contributed by atoms with E-state index in [9.17, 15) is 18.0 Å². The van der Waals surface area contributed by atoms with Crippen molar-refractivity contribution in [1.29, 1.82) is 0 Å². The Hall–Kier alpha value is -2.67. The maximum Gasteiger partial charge on any atom is 0.321 e. The van der Waals surface area contributed by atoms with Crippen LogP contribution in [-0.4, -0.2) is 45.0 Å². The fourth-order valence-electron chi connectivity index (χ4n) is 2.89. The molecule has 0 aliphatic rings. The van der Waals surface area contributed by atoms with Gasteiger partial charge in [-0.2, -0.15) is 0 Å². The van der Waals surface area contributed by atoms with Crippen molar-refractivity contribution in [2.24, 2.45) is 0 Å². The molecule has 2 rings (SSSR count). The molecule has 0 spiro atoms. The predicted molar refractivity (Wildman–Crippen MR) is 117 cm³/mol. The van der Waals surface area contributed by atoms with Gasteiger partial charge in [-0.15, -0.1) is 0 Å². The molecule has 30 heavy (non-hydrogen) atoms. The Morgan fingerprint density at radius 1 is 0.933 bits per heavy atom. The summed E-state index contributed by atoms with van der Waals surface area (Å²) in [6.45, 7) is 2.12. The van der Waals surface area contributed by atoms with E-state index in [1.807, 2.05) is 61.5 Å². The number of amides is 1. The number of nitrogens with one attached hydrogen (secondary N) is 1. The first-order valence-electron chi connectivity index (χ1n) is 10.1. The first-order valence-corrected chi connectivity index (χ1v) is 11.9. The summed E-state index contributed by atoms with van der Waals surface area (Å²) in [6, 6.07) is 17.6. The van der Waals surface area contributed by atoms with E-state index >= 15 is 0 Å². The highest BCUT2D eigenvalue weighted by atomic mass is 32.2. The number of hydrogen-bond donors (Lipinski definition) is 1. The number of benzene rings is 2. The molecule has 6 nitrogen and oxygen atoms in total. The molecule has 0 radical (unpaired) electrons. The van der Waals surface area contributed by atoms with Gasteiger partial charge in [0.1, 0.15) is 12.4 Å². The molecule has 2 aromatic carbocycles. The molecule has 0 aliphatic carbocycles. The third kappa shape index (κ3) is 9.69. The Balaban J connectivity index is 1.57. The molecular weight excluding hydrogens is 402 g/mol. The molecular formula is C23H29NO5S. The van der Waals surface area contributed by atoms with Gasteiger partial charge in [-0.3, -0.25) is 9.59 Å². The van der Waals surface area contributed by atoms with Crippen LogP contribution in [0, 0.1) is 6.92 Å². The highest BCUT2D eigenvalue weighted by molar-refractivity contribution is 7.92. The first-order chi connectivity index (χ1) is 14.3. The summed E-state index contributed by atoms with van der Waals surface area (Å²) in [5.74, 6) is -1.63. The zero-order valence-electron chi connectivity index (χ0n) is 17.3. The standard InChI is InChI=1S/C23H29NO5S/c1-19-9-11-21(12-10-19)13-14-22(25)24-15-16-29-23(26)18-30(27,28)17-5-8-20-6-3-2-4-7-20/h2-4,6-7,9-12H,5,8,13-18H2,1H3,(H,24,25). The third-order valence-corrected chi connectivity index (χ3v) is 6.14. The van der Waals surface area contributed by atoms with Crippen molar-refractivity contribution in [2.75, 3.05) is 24.7 Å². The maximum absolute atomic E-state index is 12.0. The number of carbonyl (C=O) groups excluding carboxylic acids is 2. The lowest BCUT2D eigenvalue weighted by atomic mass is 10.1. The summed E-state index contributed by atoms with van der Waals surface area (Å²) in [4.78, 5) is 23.6. The zero-order chi connectivity index (χ0) is 21.8. The van der Waals surface area contributed by atoms with E-state index < -0.39 is 21.6 Å². The quantitative estimate of drug-likeness (QED) is 0.412. The first kappa shape index (κ1) is 23.6. The van der Waals surface area contributed by atoms with Crippen LogP contribution in [-0.2, 0) is 37.0 Å². The van der Waals surface area contributed by atoms with Gasteiger partial charge in [-0.25, -0.2) is 8.42 Å². The largest absolute Gasteiger partial charge is 0.463 e. The van der Waals surface area contributed by atoms with Crippen LogP contribution in [0.5, 0.6) is 0 Å². The summed E-state index contributed by atoms with van der Waals surface area (Å²) >= 11 is 0. The number of aryl methyl sites for hydroxylation is 3. The van der Waals surface area contributed by atoms with Crippen LogP contribution in [0.1, 0.15) is 29.5 Å². The molecule has 1 N–H and O–H groups in total. The summed E-state index contributed by atoms with van der Waals surface area (Å²) in [7, 11) is -3.51. The Morgan fingerprint density at radius 2 is 1.60 bits per heavy atom. The molecule has 0 unspecified atom stereocenters. The Morgan fingerprint density at radius 3 is 2.30 bits per heavy atom. The van der Waals surface area contributed by atoms with Crippen molar-refractivity contribution >= 4 is 21.7 Å². The van der Waals surface area contributed by atoms with Crippen LogP contribution in [0.25, 0.3) is 0 Å². The predicted octanol–water partition coefficient (Wildman–Crippen LogP) is 2.63. The molecule has 0 atom stereocenters. The number of rotatable bonds is 12. The van der Waals surface area contributed by atoms with Gasteiger partial charge in [0, 0.05) is 6.42 Å². The second kappa shape index (κ2) is 12.1. The van der Waals surface area contributed by atoms with E-state index in [0.29, 0.717) is 25.7 Å². The number of esters is 1. The lowest BCUT2D eigenvalue weighted by Crippen LogP contribution is -2.29. The lowest BCUT2D eigenvalue weighted by molar-refractivity contribution is -0.140. The molecule has 0 saturated heterocycles. The van der Waals surface area contributed by atoms with Gasteiger partial charge in [0.2, 0.25) is 5.91 Å². The molecule has 0 aromatic heterocycles. The average molecular weight is 432 g/mol. The maximum atomic E-state index is 12.0. The van der Waals surface area contributed by atoms with Gasteiger partial charge >= 0.3 is 5.97 Å². The molecule has 1 amide bonds. The molecule has 0 bridgehead atoms. The van der Waals surface area contributed by atoms with Crippen LogP contribution >= 0.6 is 0 Å². The van der Waals surface area contributed by atoms with Crippen molar-refractivity contribution < 1.29 is 22.7 Å². The lowest BCUT2D eigenvalue weighted by Gasteiger charge is -2.08. The molecule has 7 heteroatoms. The molecule has 2 aromatic rings. The minimum Gasteiger partial charge on any atom is -0.463 e. The van der Waals surface area contributed by atoms with Crippen LogP contribution < -0.4 is 5.32 Å². The van der Waals surface area contributed by atoms with Crippen LogP contribution in [0.4, 0.5) is 0 Å². The highest BCUT2D eigenvalue weighted by Crippen LogP contribution is 2.06. The van der Waals surface area contributed by atoms with Crippen molar-refractivity contribution in [3.05, 3.63) is 71.3 Å². The average Bonchev–Trinajstić information content (AvgIpc) is 2.71. The van der Waals surface area contributed by atoms with Gasteiger partial charge in [0.05, 0.1) is 12.3 Å². The Labute approximate surface area is 178 Å². The molecule has 162 valence electrons. The van der Waals surface area contributed by atoms with Gasteiger partial charge in [0.15, 0.2) is 9.84 Å². The van der Waals surface area contributed by atoms with Gasteiger partial charge in [-0.05, 0) is 37.3 Å². The van der Waals surface area contributed by atoms with Crippen molar-refractivity contribution in [3.8, 4) is 0 Å². The van der Waals surface area contributed by atoms with E-state index in [-0.39, 0.29) is 24.8 Å². The van der Waals surface area contributed by atoms with Crippen LogP contribution in [0.2, 0.25) is 0 Å². The SMILES string of the molecule is Cc1ccc(CCC(=O)NCCOC(=O)CS(=O)(=O)CCCc2ccccc2)cc1. The van der Waals surface area contributed by atoms with E-state index in [1.165, 1.54) is 5.56 Å². The van der Waals surface area contributed by atoms with E-state index in [4.69, 9.17) is 4.74 Å². The van der Waals surface area contributed by atoms with Crippen LogP contribution in [0.3, 0.4) is 0 Å². The number of carbonyl (C=O) groups is 2. The summed E-state index contributed by atoms with van der Waals surface area (Å²) in [5.41, 5.74) is 3.32. The normalized spacial score (nSPS) is 11.1. The van der Waals surface area contributed by atoms with Crippen LogP contribution in [0.15, 0.2) is 54.6 Å². The minimum atomic E-state index is -3.51. The smallest absolute Gasteiger partial charge is 0.321 e. The van der Waals surface area contributed by atoms with Gasteiger partial charge in [-0.1, -0.05) is 60.2 Å². The fourth-order valence-corrected chi connectivity index (χ4v) is 4.06. The number of ether oxygens (including phenoxy) is 1. The Bertz CT molecular complexity index is 908. The van der Waals surface area contributed by atoms with Crippen molar-refractivity contribution in [1.82, 2.24) is 5.32 Å². The third-order valence-electron chi connectivity index (χ3n) is 4.55. The Kier molecular flexibility index (Phi) is 9.54. The topological polar surface area (TPSA) is 89.5 Å². The van der Waals surface area contributed by atoms with E-state index in [1.54, 1.807) is 0 Å². The molecule has 0 aliphatic heterocycles. The van der Waals surface area contributed by atoms with Gasteiger partial charge < -0.3 is 10.1 Å². The second-order valence-electron chi connectivity index (χ2n) is 7.24. The molecule has 0 saturated carbocycles. The minimum absolute atomic E-state index is 0.0470. The fraction of sp³-hybridized carbons (Fsp3) is 0.391. The zero-order valence-corrected chi connectivity index (χ0v) is 18.1. The summed E-state index contributed by atoms with van der Waals surface area (Å²) in [6.07, 6.45) is 2.07. The van der Waals surface area contributed by atoms with Crippen molar-refractivity contribution in [3.63, 3.8) is 0 Å². The molecule has 0 fully saturated rings. The molecule has 0 heterocycles. The summed E-state index contributed by atoms with van der Waals surface area (Å²) in [5, 5.41) is 2.67. The van der Waals surface area contributed by atoms with Crippen molar-refractivity contribution in [2.45, 2.75) is 32.6 Å². The van der Waals surface area contributed by atoms with E-state index in [2.05, 4.69) is 5.32 Å². The van der Waals surface area contributed by atoms with Gasteiger partial charge in [0.25, 0.3) is 0 Å². The second-order valence-corrected chi connectivity index (χ2v) is 9.42. The number of hydrogen-bond acceptors (Lipinski definition) is 5. The highest BCUT2D eigenvalue weighted by Gasteiger charge is 2.17. The van der Waals surface area contributed by atoms with E-state index in [0.717, 1.165) is 11.1 Å². The monoisotopic (exact) mass is 431 g/mol. The number of sulfone groups is 1.